The highest BCUT2D eigenvalue weighted by Crippen LogP contribution is 2.44. The van der Waals surface area contributed by atoms with Crippen LogP contribution in [0.2, 0.25) is 0 Å². The van der Waals surface area contributed by atoms with E-state index in [2.05, 4.69) is 11.8 Å². The number of rotatable bonds is 4. The van der Waals surface area contributed by atoms with E-state index in [0.29, 0.717) is 28.5 Å². The largest absolute Gasteiger partial charge is 0.507 e. The minimum absolute atomic E-state index is 0.0390. The third kappa shape index (κ3) is 3.69. The number of piperidine rings is 1. The van der Waals surface area contributed by atoms with Gasteiger partial charge in [0.15, 0.2) is 11.5 Å². The first-order valence-corrected chi connectivity index (χ1v) is 12.1. The number of carbonyl (C=O) groups is 2. The lowest BCUT2D eigenvalue weighted by Crippen LogP contribution is -2.33. The van der Waals surface area contributed by atoms with E-state index in [0.717, 1.165) is 37.5 Å². The fraction of sp³-hybridized carbons (Fsp3) is 0.286. The Labute approximate surface area is 208 Å². The van der Waals surface area contributed by atoms with E-state index in [4.69, 9.17) is 13.9 Å². The predicted octanol–water partition coefficient (Wildman–Crippen LogP) is 4.87. The molecule has 1 unspecified atom stereocenters. The number of fused-ring (bicyclic) bond motifs is 1. The van der Waals surface area contributed by atoms with Crippen molar-refractivity contribution in [2.75, 3.05) is 29.7 Å². The molecule has 0 bridgehead atoms. The smallest absolute Gasteiger partial charge is 0.300 e. The summed E-state index contributed by atoms with van der Waals surface area (Å²) in [4.78, 5) is 30.3. The molecule has 3 aliphatic rings. The van der Waals surface area contributed by atoms with E-state index >= 15 is 0 Å². The molecule has 1 amide bonds. The number of hydrogen-bond donors (Lipinski definition) is 1. The SMILES string of the molecule is CC1CCN(c2ccc(N3C(=O)C(=O)/C(=C(\O)c4ccc5c(c4)OCO5)C3c3ccco3)cc2)CC1. The number of furan rings is 1. The molecule has 6 rings (SSSR count). The molecule has 0 spiro atoms. The van der Waals surface area contributed by atoms with E-state index in [1.807, 2.05) is 24.3 Å². The number of Topliss-reactive ketones (excluding diaryl/α,β-unsaturated/α-hetero) is 1. The van der Waals surface area contributed by atoms with Crippen molar-refractivity contribution in [1.82, 2.24) is 0 Å². The summed E-state index contributed by atoms with van der Waals surface area (Å²) in [6.07, 6.45) is 3.78. The molecule has 8 heteroatoms. The third-order valence-electron chi connectivity index (χ3n) is 7.18. The van der Waals surface area contributed by atoms with Crippen LogP contribution in [0.1, 0.15) is 37.1 Å². The number of aliphatic hydroxyl groups excluding tert-OH is 1. The fourth-order valence-electron chi connectivity index (χ4n) is 5.11. The Hall–Kier alpha value is -4.20. The molecule has 1 atom stereocenters. The average molecular weight is 487 g/mol. The summed E-state index contributed by atoms with van der Waals surface area (Å²) in [6, 6.07) is 15.0. The summed E-state index contributed by atoms with van der Waals surface area (Å²) >= 11 is 0. The molecule has 0 aliphatic carbocycles. The van der Waals surface area contributed by atoms with Crippen molar-refractivity contribution in [3.63, 3.8) is 0 Å². The molecular formula is C28H26N2O6. The predicted molar refractivity (Wildman–Crippen MR) is 133 cm³/mol. The highest BCUT2D eigenvalue weighted by atomic mass is 16.7. The Balaban J connectivity index is 1.39. The molecule has 1 aromatic heterocycles. The average Bonchev–Trinajstić information content (AvgIpc) is 3.64. The lowest BCUT2D eigenvalue weighted by atomic mass is 9.98. The zero-order valence-corrected chi connectivity index (χ0v) is 19.8. The summed E-state index contributed by atoms with van der Waals surface area (Å²) in [5, 5.41) is 11.2. The monoisotopic (exact) mass is 486 g/mol. The number of benzene rings is 2. The van der Waals surface area contributed by atoms with Crippen LogP contribution >= 0.6 is 0 Å². The molecule has 3 aromatic rings. The van der Waals surface area contributed by atoms with Gasteiger partial charge in [0, 0.05) is 30.0 Å². The second-order valence-electron chi connectivity index (χ2n) is 9.44. The van der Waals surface area contributed by atoms with Gasteiger partial charge in [-0.2, -0.15) is 0 Å². The lowest BCUT2D eigenvalue weighted by Gasteiger charge is -2.32. The molecule has 4 heterocycles. The second kappa shape index (κ2) is 8.78. The Bertz CT molecular complexity index is 1340. The number of hydrogen-bond acceptors (Lipinski definition) is 7. The zero-order valence-electron chi connectivity index (χ0n) is 19.8. The van der Waals surface area contributed by atoms with E-state index in [9.17, 15) is 14.7 Å². The first-order chi connectivity index (χ1) is 17.5. The maximum atomic E-state index is 13.3. The molecule has 0 radical (unpaired) electrons. The Morgan fingerprint density at radius 1 is 0.944 bits per heavy atom. The minimum Gasteiger partial charge on any atom is -0.507 e. The zero-order chi connectivity index (χ0) is 24.8. The summed E-state index contributed by atoms with van der Waals surface area (Å²) in [7, 11) is 0. The van der Waals surface area contributed by atoms with Gasteiger partial charge in [-0.05, 0) is 73.4 Å². The van der Waals surface area contributed by atoms with Crippen molar-refractivity contribution >= 4 is 28.8 Å². The van der Waals surface area contributed by atoms with Crippen LogP contribution in [0.25, 0.3) is 5.76 Å². The molecule has 8 nitrogen and oxygen atoms in total. The summed E-state index contributed by atoms with van der Waals surface area (Å²) in [5.74, 6) is 0.327. The molecule has 2 aromatic carbocycles. The van der Waals surface area contributed by atoms with Gasteiger partial charge in [0.05, 0.1) is 11.8 Å². The maximum absolute atomic E-state index is 13.3. The van der Waals surface area contributed by atoms with E-state index in [-0.39, 0.29) is 18.1 Å². The Kier molecular flexibility index (Phi) is 5.44. The van der Waals surface area contributed by atoms with Crippen LogP contribution in [0.15, 0.2) is 70.9 Å². The number of ketones is 1. The van der Waals surface area contributed by atoms with Crippen molar-refractivity contribution in [1.29, 1.82) is 0 Å². The third-order valence-corrected chi connectivity index (χ3v) is 7.18. The van der Waals surface area contributed by atoms with Crippen molar-refractivity contribution in [3.8, 4) is 11.5 Å². The number of anilines is 2. The van der Waals surface area contributed by atoms with Gasteiger partial charge in [0.25, 0.3) is 11.7 Å². The van der Waals surface area contributed by atoms with Crippen LogP contribution in [0.3, 0.4) is 0 Å². The number of amides is 1. The van der Waals surface area contributed by atoms with Crippen LogP contribution in [-0.2, 0) is 9.59 Å². The van der Waals surface area contributed by atoms with Gasteiger partial charge in [-0.3, -0.25) is 14.5 Å². The van der Waals surface area contributed by atoms with Crippen LogP contribution in [0.5, 0.6) is 11.5 Å². The van der Waals surface area contributed by atoms with Gasteiger partial charge >= 0.3 is 0 Å². The van der Waals surface area contributed by atoms with Crippen LogP contribution in [0.4, 0.5) is 11.4 Å². The van der Waals surface area contributed by atoms with E-state index < -0.39 is 17.7 Å². The fourth-order valence-corrected chi connectivity index (χ4v) is 5.11. The van der Waals surface area contributed by atoms with E-state index in [1.165, 1.54) is 11.2 Å². The highest BCUT2D eigenvalue weighted by Gasteiger charge is 2.48. The van der Waals surface area contributed by atoms with E-state index in [1.54, 1.807) is 30.3 Å². The van der Waals surface area contributed by atoms with Crippen molar-refractivity contribution in [3.05, 3.63) is 77.8 Å². The topological polar surface area (TPSA) is 92.5 Å². The second-order valence-corrected chi connectivity index (χ2v) is 9.44. The van der Waals surface area contributed by atoms with Gasteiger partial charge in [-0.25, -0.2) is 0 Å². The quantitative estimate of drug-likeness (QED) is 0.319. The summed E-state index contributed by atoms with van der Waals surface area (Å²) < 4.78 is 16.4. The Morgan fingerprint density at radius 3 is 2.39 bits per heavy atom. The van der Waals surface area contributed by atoms with Gasteiger partial charge in [-0.15, -0.1) is 0 Å². The van der Waals surface area contributed by atoms with Crippen molar-refractivity contribution < 1.29 is 28.6 Å². The first kappa shape index (κ1) is 22.3. The number of carbonyl (C=O) groups excluding carboxylic acids is 2. The molecule has 36 heavy (non-hydrogen) atoms. The molecule has 2 saturated heterocycles. The Morgan fingerprint density at radius 2 is 1.67 bits per heavy atom. The minimum atomic E-state index is -0.910. The number of aliphatic hydroxyl groups is 1. The summed E-state index contributed by atoms with van der Waals surface area (Å²) in [5.41, 5.74) is 1.95. The lowest BCUT2D eigenvalue weighted by molar-refractivity contribution is -0.132. The van der Waals surface area contributed by atoms with Gasteiger partial charge in [-0.1, -0.05) is 6.92 Å². The standard InChI is InChI=1S/C28H26N2O6/c1-17-10-12-29(13-11-17)19-5-7-20(8-6-19)30-25(22-3-2-14-34-22)24(27(32)28(30)33)26(31)18-4-9-21-23(15-18)36-16-35-21/h2-9,14-15,17,25,31H,10-13,16H2,1H3/b26-24-. The maximum Gasteiger partial charge on any atom is 0.300 e. The number of ether oxygens (including phenoxy) is 2. The van der Waals surface area contributed by atoms with Crippen molar-refractivity contribution in [2.24, 2.45) is 5.92 Å². The highest BCUT2D eigenvalue weighted by molar-refractivity contribution is 6.51. The molecule has 184 valence electrons. The molecule has 1 N–H and O–H groups in total. The molecule has 2 fully saturated rings. The molecule has 0 saturated carbocycles. The summed E-state index contributed by atoms with van der Waals surface area (Å²) in [6.45, 7) is 4.35. The number of nitrogens with zero attached hydrogens (tertiary/aromatic N) is 2. The molecule has 3 aliphatic heterocycles. The first-order valence-electron chi connectivity index (χ1n) is 12.1. The van der Waals surface area contributed by atoms with Crippen LogP contribution in [0, 0.1) is 5.92 Å². The van der Waals surface area contributed by atoms with Crippen molar-refractivity contribution in [2.45, 2.75) is 25.8 Å². The van der Waals surface area contributed by atoms with Crippen LogP contribution < -0.4 is 19.3 Å². The molecular weight excluding hydrogens is 460 g/mol. The van der Waals surface area contributed by atoms with Crippen LogP contribution in [-0.4, -0.2) is 36.7 Å². The van der Waals surface area contributed by atoms with Gasteiger partial charge < -0.3 is 23.9 Å². The normalized spacial score (nSPS) is 21.4. The van der Waals surface area contributed by atoms with Gasteiger partial charge in [0.2, 0.25) is 6.79 Å². The van der Waals surface area contributed by atoms with Gasteiger partial charge in [0.1, 0.15) is 17.6 Å².